The first-order valence-electron chi connectivity index (χ1n) is 7.70. The zero-order valence-electron chi connectivity index (χ0n) is 12.8. The van der Waals surface area contributed by atoms with Crippen LogP contribution in [0.1, 0.15) is 19.8 Å². The number of thiazole rings is 1. The Labute approximate surface area is 134 Å². The standard InChI is InChI=1S/C15H21N5OS/c1-15(11-16,12-2-3-12)18-13(21)10-19-5-7-20(8-6-19)14-17-4-9-22-14/h4,9,12H,2-3,5-8,10H2,1H3,(H,18,21). The number of hydrogen-bond acceptors (Lipinski definition) is 6. The van der Waals surface area contributed by atoms with Crippen molar-refractivity contribution in [1.29, 1.82) is 5.26 Å². The van der Waals surface area contributed by atoms with Crippen LogP contribution >= 0.6 is 11.3 Å². The molecule has 1 aromatic rings. The Balaban J connectivity index is 1.46. The van der Waals surface area contributed by atoms with Crippen LogP contribution in [0.2, 0.25) is 0 Å². The van der Waals surface area contributed by atoms with E-state index < -0.39 is 5.54 Å². The van der Waals surface area contributed by atoms with Crippen molar-refractivity contribution in [3.8, 4) is 6.07 Å². The fraction of sp³-hybridized carbons (Fsp3) is 0.667. The smallest absolute Gasteiger partial charge is 0.235 e. The van der Waals surface area contributed by atoms with E-state index >= 15 is 0 Å². The molecule has 118 valence electrons. The van der Waals surface area contributed by atoms with E-state index in [4.69, 9.17) is 0 Å². The van der Waals surface area contributed by atoms with Crippen molar-refractivity contribution >= 4 is 22.4 Å². The number of nitrogens with zero attached hydrogens (tertiary/aromatic N) is 4. The highest BCUT2D eigenvalue weighted by Gasteiger charge is 2.43. The molecule has 3 rings (SSSR count). The topological polar surface area (TPSA) is 72.3 Å². The first-order chi connectivity index (χ1) is 10.6. The number of piperazine rings is 1. The molecular formula is C15H21N5OS. The van der Waals surface area contributed by atoms with Gasteiger partial charge in [0.1, 0.15) is 5.54 Å². The lowest BCUT2D eigenvalue weighted by molar-refractivity contribution is -0.123. The van der Waals surface area contributed by atoms with Gasteiger partial charge in [0.25, 0.3) is 0 Å². The van der Waals surface area contributed by atoms with Gasteiger partial charge in [-0.3, -0.25) is 9.69 Å². The maximum Gasteiger partial charge on any atom is 0.235 e. The number of nitriles is 1. The summed E-state index contributed by atoms with van der Waals surface area (Å²) in [5, 5.41) is 15.3. The fourth-order valence-corrected chi connectivity index (χ4v) is 3.58. The van der Waals surface area contributed by atoms with Crippen LogP contribution in [0, 0.1) is 17.2 Å². The predicted octanol–water partition coefficient (Wildman–Crippen LogP) is 1.07. The van der Waals surface area contributed by atoms with Crippen molar-refractivity contribution in [2.24, 2.45) is 5.92 Å². The fourth-order valence-electron chi connectivity index (χ4n) is 2.88. The highest BCUT2D eigenvalue weighted by atomic mass is 32.1. The Morgan fingerprint density at radius 3 is 2.77 bits per heavy atom. The van der Waals surface area contributed by atoms with Gasteiger partial charge in [0.2, 0.25) is 5.91 Å². The zero-order chi connectivity index (χ0) is 15.6. The minimum atomic E-state index is -0.695. The summed E-state index contributed by atoms with van der Waals surface area (Å²) >= 11 is 1.65. The van der Waals surface area contributed by atoms with Crippen LogP contribution in [0.15, 0.2) is 11.6 Å². The molecule has 7 heteroatoms. The molecule has 1 saturated carbocycles. The molecule has 0 aromatic carbocycles. The summed E-state index contributed by atoms with van der Waals surface area (Å²) in [5.41, 5.74) is -0.695. The lowest BCUT2D eigenvalue weighted by atomic mass is 9.98. The third-order valence-corrected chi connectivity index (χ3v) is 5.29. The first-order valence-corrected chi connectivity index (χ1v) is 8.58. The summed E-state index contributed by atoms with van der Waals surface area (Å²) in [4.78, 5) is 20.9. The quantitative estimate of drug-likeness (QED) is 0.879. The van der Waals surface area contributed by atoms with Gasteiger partial charge in [-0.15, -0.1) is 11.3 Å². The molecule has 1 aliphatic heterocycles. The third-order valence-electron chi connectivity index (χ3n) is 4.45. The molecule has 1 amide bonds. The molecule has 1 saturated heterocycles. The Morgan fingerprint density at radius 2 is 2.23 bits per heavy atom. The van der Waals surface area contributed by atoms with E-state index in [1.807, 2.05) is 18.5 Å². The molecule has 22 heavy (non-hydrogen) atoms. The van der Waals surface area contributed by atoms with Crippen molar-refractivity contribution in [2.45, 2.75) is 25.3 Å². The summed E-state index contributed by atoms with van der Waals surface area (Å²) in [6, 6.07) is 2.27. The molecule has 6 nitrogen and oxygen atoms in total. The molecule has 1 unspecified atom stereocenters. The second kappa shape index (κ2) is 6.23. The number of amides is 1. The van der Waals surface area contributed by atoms with E-state index in [0.29, 0.717) is 12.5 Å². The minimum absolute atomic E-state index is 0.0429. The molecule has 1 N–H and O–H groups in total. The summed E-state index contributed by atoms with van der Waals surface area (Å²) in [6.45, 7) is 5.68. The maximum atomic E-state index is 12.2. The number of anilines is 1. The van der Waals surface area contributed by atoms with Crippen molar-refractivity contribution in [3.63, 3.8) is 0 Å². The Hall–Kier alpha value is -1.65. The van der Waals surface area contributed by atoms with Crippen LogP contribution < -0.4 is 10.2 Å². The monoisotopic (exact) mass is 319 g/mol. The van der Waals surface area contributed by atoms with Gasteiger partial charge in [0, 0.05) is 37.8 Å². The van der Waals surface area contributed by atoms with Gasteiger partial charge in [-0.1, -0.05) is 0 Å². The molecule has 2 fully saturated rings. The van der Waals surface area contributed by atoms with E-state index in [0.717, 1.165) is 44.2 Å². The summed E-state index contributed by atoms with van der Waals surface area (Å²) < 4.78 is 0. The number of carbonyl (C=O) groups excluding carboxylic acids is 1. The first kappa shape index (κ1) is 15.3. The highest BCUT2D eigenvalue weighted by molar-refractivity contribution is 7.13. The predicted molar refractivity (Wildman–Crippen MR) is 85.7 cm³/mol. The molecule has 0 spiro atoms. The van der Waals surface area contributed by atoms with Gasteiger partial charge < -0.3 is 10.2 Å². The van der Waals surface area contributed by atoms with E-state index in [9.17, 15) is 10.1 Å². The Kier molecular flexibility index (Phi) is 4.32. The molecule has 0 bridgehead atoms. The van der Waals surface area contributed by atoms with Crippen molar-refractivity contribution < 1.29 is 4.79 Å². The second-order valence-electron chi connectivity index (χ2n) is 6.21. The van der Waals surface area contributed by atoms with Crippen molar-refractivity contribution in [2.75, 3.05) is 37.6 Å². The molecule has 2 heterocycles. The maximum absolute atomic E-state index is 12.2. The van der Waals surface area contributed by atoms with Crippen molar-refractivity contribution in [1.82, 2.24) is 15.2 Å². The molecule has 1 atom stereocenters. The van der Waals surface area contributed by atoms with E-state index in [1.165, 1.54) is 0 Å². The van der Waals surface area contributed by atoms with Gasteiger partial charge in [0.05, 0.1) is 12.6 Å². The third kappa shape index (κ3) is 3.39. The minimum Gasteiger partial charge on any atom is -0.346 e. The van der Waals surface area contributed by atoms with E-state index in [1.54, 1.807) is 11.3 Å². The van der Waals surface area contributed by atoms with Crippen LogP contribution in [0.3, 0.4) is 0 Å². The normalized spacial score (nSPS) is 21.9. The van der Waals surface area contributed by atoms with Crippen LogP contribution in [0.4, 0.5) is 5.13 Å². The second-order valence-corrected chi connectivity index (χ2v) is 7.09. The average Bonchev–Trinajstić information content (AvgIpc) is 3.24. The molecular weight excluding hydrogens is 298 g/mol. The highest BCUT2D eigenvalue weighted by Crippen LogP contribution is 2.39. The lowest BCUT2D eigenvalue weighted by Gasteiger charge is -2.34. The van der Waals surface area contributed by atoms with Crippen LogP contribution in [-0.4, -0.2) is 54.1 Å². The average molecular weight is 319 g/mol. The van der Waals surface area contributed by atoms with E-state index in [2.05, 4.69) is 26.2 Å². The van der Waals surface area contributed by atoms with E-state index in [-0.39, 0.29) is 5.91 Å². The van der Waals surface area contributed by atoms with Crippen LogP contribution in [0.5, 0.6) is 0 Å². The lowest BCUT2D eigenvalue weighted by Crippen LogP contribution is -2.53. The SMILES string of the molecule is CC(C#N)(NC(=O)CN1CCN(c2nccs2)CC1)C1CC1. The van der Waals surface area contributed by atoms with Gasteiger partial charge in [0.15, 0.2) is 5.13 Å². The summed E-state index contributed by atoms with van der Waals surface area (Å²) in [5.74, 6) is 0.279. The van der Waals surface area contributed by atoms with Gasteiger partial charge >= 0.3 is 0 Å². The van der Waals surface area contributed by atoms with Gasteiger partial charge in [-0.05, 0) is 25.7 Å². The largest absolute Gasteiger partial charge is 0.346 e. The number of hydrogen-bond donors (Lipinski definition) is 1. The molecule has 1 aromatic heterocycles. The number of rotatable bonds is 5. The van der Waals surface area contributed by atoms with Crippen molar-refractivity contribution in [3.05, 3.63) is 11.6 Å². The van der Waals surface area contributed by atoms with Crippen LogP contribution in [-0.2, 0) is 4.79 Å². The van der Waals surface area contributed by atoms with Gasteiger partial charge in [-0.2, -0.15) is 5.26 Å². The molecule has 2 aliphatic rings. The summed E-state index contributed by atoms with van der Waals surface area (Å²) in [7, 11) is 0. The Morgan fingerprint density at radius 1 is 1.50 bits per heavy atom. The Bertz CT molecular complexity index is 557. The number of aromatic nitrogens is 1. The molecule has 0 radical (unpaired) electrons. The molecule has 1 aliphatic carbocycles. The van der Waals surface area contributed by atoms with Crippen LogP contribution in [0.25, 0.3) is 0 Å². The zero-order valence-corrected chi connectivity index (χ0v) is 13.6. The number of nitrogens with one attached hydrogen (secondary N) is 1. The summed E-state index contributed by atoms with van der Waals surface area (Å²) in [6.07, 6.45) is 3.90. The number of carbonyl (C=O) groups is 1. The van der Waals surface area contributed by atoms with Gasteiger partial charge in [-0.25, -0.2) is 4.98 Å².